The third kappa shape index (κ3) is 6.53. The van der Waals surface area contributed by atoms with Gasteiger partial charge in [0.05, 0.1) is 6.20 Å². The van der Waals surface area contributed by atoms with Crippen molar-refractivity contribution in [3.05, 3.63) is 30.6 Å². The van der Waals surface area contributed by atoms with Gasteiger partial charge in [-0.15, -0.1) is 13.2 Å². The van der Waals surface area contributed by atoms with E-state index in [1.807, 2.05) is 20.8 Å². The first kappa shape index (κ1) is 22.8. The Hall–Kier alpha value is -2.91. The summed E-state index contributed by atoms with van der Waals surface area (Å²) in [6.07, 6.45) is -0.167. The average molecular weight is 441 g/mol. The number of amides is 1. The van der Waals surface area contributed by atoms with Crippen molar-refractivity contribution in [2.75, 3.05) is 13.1 Å². The largest absolute Gasteiger partial charge is 0.573 e. The van der Waals surface area contributed by atoms with Gasteiger partial charge in [-0.3, -0.25) is 4.68 Å². The third-order valence-corrected chi connectivity index (χ3v) is 4.86. The highest BCUT2D eigenvalue weighted by Crippen LogP contribution is 2.35. The normalized spacial score (nSPS) is 15.7. The number of nitrogens with zero attached hydrogens (tertiary/aromatic N) is 3. The maximum atomic E-state index is 12.3. The van der Waals surface area contributed by atoms with E-state index >= 15 is 0 Å². The molecule has 1 N–H and O–H groups in total. The number of hydrogen-bond donors (Lipinski definition) is 1. The molecule has 0 bridgehead atoms. The van der Waals surface area contributed by atoms with Gasteiger partial charge >= 0.3 is 12.5 Å². The molecule has 1 fully saturated rings. The van der Waals surface area contributed by atoms with Gasteiger partial charge in [0.25, 0.3) is 0 Å². The molecule has 1 saturated heterocycles. The van der Waals surface area contributed by atoms with Crippen molar-refractivity contribution in [2.45, 2.75) is 52.1 Å². The molecule has 2 aromatic rings. The summed E-state index contributed by atoms with van der Waals surface area (Å²) in [4.78, 5) is 13.9. The Morgan fingerprint density at radius 3 is 2.45 bits per heavy atom. The molecular weight excluding hydrogens is 415 g/mol. The monoisotopic (exact) mass is 441 g/mol. The molecule has 0 atom stereocenters. The number of likely N-dealkylation sites (tertiary alicyclic amines) is 1. The lowest BCUT2D eigenvalue weighted by Crippen LogP contribution is -2.42. The van der Waals surface area contributed by atoms with Gasteiger partial charge in [-0.25, -0.2) is 4.79 Å². The summed E-state index contributed by atoms with van der Waals surface area (Å²) in [5, 5.41) is 14.1. The maximum absolute atomic E-state index is 12.3. The van der Waals surface area contributed by atoms with Gasteiger partial charge < -0.3 is 19.5 Å². The second-order valence-corrected chi connectivity index (χ2v) is 8.59. The molecule has 1 aromatic carbocycles. The summed E-state index contributed by atoms with van der Waals surface area (Å²) in [5.41, 5.74) is 0.670. The molecule has 1 aliphatic heterocycles. The number of rotatable bonds is 4. The molecule has 1 amide bonds. The minimum atomic E-state index is -4.87. The van der Waals surface area contributed by atoms with E-state index in [1.165, 1.54) is 12.1 Å². The Morgan fingerprint density at radius 1 is 1.19 bits per heavy atom. The van der Waals surface area contributed by atoms with Crippen LogP contribution in [0.4, 0.5) is 18.0 Å². The summed E-state index contributed by atoms with van der Waals surface area (Å²) in [6.45, 7) is 7.39. The smallest absolute Gasteiger partial charge is 0.504 e. The van der Waals surface area contributed by atoms with Gasteiger partial charge in [-0.05, 0) is 57.2 Å². The SMILES string of the molecule is CC(C)(C)OC(=O)N1CCC(Cn2cc(-c3ccc(OC(F)(F)F)c(O)c3)cn2)CC1. The van der Waals surface area contributed by atoms with Gasteiger partial charge in [0.2, 0.25) is 0 Å². The molecule has 10 heteroatoms. The van der Waals surface area contributed by atoms with Crippen molar-refractivity contribution in [3.8, 4) is 22.6 Å². The molecule has 0 aliphatic carbocycles. The van der Waals surface area contributed by atoms with Crippen LogP contribution in [0.2, 0.25) is 0 Å². The lowest BCUT2D eigenvalue weighted by Gasteiger charge is -2.33. The van der Waals surface area contributed by atoms with Gasteiger partial charge in [-0.2, -0.15) is 5.10 Å². The fraction of sp³-hybridized carbons (Fsp3) is 0.524. The topological polar surface area (TPSA) is 76.8 Å². The van der Waals surface area contributed by atoms with Crippen LogP contribution in [0.3, 0.4) is 0 Å². The molecular formula is C21H26F3N3O4. The summed E-state index contributed by atoms with van der Waals surface area (Å²) in [6, 6.07) is 3.71. The highest BCUT2D eigenvalue weighted by molar-refractivity contribution is 5.68. The number of alkyl halides is 3. The maximum Gasteiger partial charge on any atom is 0.573 e. The fourth-order valence-electron chi connectivity index (χ4n) is 3.41. The second-order valence-electron chi connectivity index (χ2n) is 8.59. The van der Waals surface area contributed by atoms with Crippen molar-refractivity contribution in [2.24, 2.45) is 5.92 Å². The van der Waals surface area contributed by atoms with Crippen LogP contribution >= 0.6 is 0 Å². The van der Waals surface area contributed by atoms with E-state index in [0.29, 0.717) is 36.7 Å². The Bertz CT molecular complexity index is 913. The van der Waals surface area contributed by atoms with Crippen LogP contribution in [-0.2, 0) is 11.3 Å². The van der Waals surface area contributed by atoms with Gasteiger partial charge in [0.1, 0.15) is 5.60 Å². The van der Waals surface area contributed by atoms with E-state index in [9.17, 15) is 23.1 Å². The zero-order valence-electron chi connectivity index (χ0n) is 17.6. The van der Waals surface area contributed by atoms with Crippen LogP contribution in [-0.4, -0.2) is 50.9 Å². The number of ether oxygens (including phenoxy) is 2. The number of phenolic OH excluding ortho intramolecular Hbond substituents is 1. The number of phenols is 1. The molecule has 1 aromatic heterocycles. The zero-order valence-corrected chi connectivity index (χ0v) is 17.6. The first-order valence-electron chi connectivity index (χ1n) is 9.99. The number of aromatic nitrogens is 2. The predicted molar refractivity (Wildman–Crippen MR) is 107 cm³/mol. The standard InChI is InChI=1S/C21H26F3N3O4/c1-20(2,3)31-19(29)26-8-6-14(7-9-26)12-27-13-16(11-25-27)15-4-5-18(17(28)10-15)30-21(22,23)24/h4-5,10-11,13-14,28H,6-9,12H2,1-3H3. The minimum absolute atomic E-state index is 0.301. The molecule has 170 valence electrons. The molecule has 0 spiro atoms. The predicted octanol–water partition coefficient (Wildman–Crippen LogP) is 4.80. The van der Waals surface area contributed by atoms with E-state index in [-0.39, 0.29) is 6.09 Å². The summed E-state index contributed by atoms with van der Waals surface area (Å²) >= 11 is 0. The number of carbonyl (C=O) groups is 1. The number of carbonyl (C=O) groups excluding carboxylic acids is 1. The van der Waals surface area contributed by atoms with Crippen molar-refractivity contribution >= 4 is 6.09 Å². The number of aromatic hydroxyl groups is 1. The molecule has 0 unspecified atom stereocenters. The lowest BCUT2D eigenvalue weighted by atomic mass is 9.97. The average Bonchev–Trinajstić information content (AvgIpc) is 3.10. The van der Waals surface area contributed by atoms with Gasteiger partial charge in [-0.1, -0.05) is 6.07 Å². The van der Waals surface area contributed by atoms with E-state index in [1.54, 1.807) is 22.0 Å². The van der Waals surface area contributed by atoms with Crippen molar-refractivity contribution in [1.82, 2.24) is 14.7 Å². The zero-order chi connectivity index (χ0) is 22.8. The Morgan fingerprint density at radius 2 is 1.87 bits per heavy atom. The molecule has 1 aliphatic rings. The van der Waals surface area contributed by atoms with E-state index in [4.69, 9.17) is 4.74 Å². The van der Waals surface area contributed by atoms with E-state index < -0.39 is 23.5 Å². The Balaban J connectivity index is 1.56. The summed E-state index contributed by atoms with van der Waals surface area (Å²) in [5.74, 6) is -0.917. The molecule has 0 saturated carbocycles. The van der Waals surface area contributed by atoms with Crippen molar-refractivity contribution in [3.63, 3.8) is 0 Å². The van der Waals surface area contributed by atoms with Crippen LogP contribution in [0, 0.1) is 5.92 Å². The van der Waals surface area contributed by atoms with Crippen LogP contribution in [0.15, 0.2) is 30.6 Å². The Labute approximate surface area is 178 Å². The number of piperidine rings is 1. The van der Waals surface area contributed by atoms with Gasteiger partial charge in [0, 0.05) is 31.4 Å². The molecule has 0 radical (unpaired) electrons. The van der Waals surface area contributed by atoms with E-state index in [2.05, 4.69) is 9.84 Å². The van der Waals surface area contributed by atoms with Crippen LogP contribution in [0.1, 0.15) is 33.6 Å². The van der Waals surface area contributed by atoms with Crippen molar-refractivity contribution in [1.29, 1.82) is 0 Å². The number of benzene rings is 1. The minimum Gasteiger partial charge on any atom is -0.504 e. The van der Waals surface area contributed by atoms with Crippen LogP contribution in [0.25, 0.3) is 11.1 Å². The highest BCUT2D eigenvalue weighted by atomic mass is 19.4. The summed E-state index contributed by atoms with van der Waals surface area (Å²) in [7, 11) is 0. The molecule has 2 heterocycles. The lowest BCUT2D eigenvalue weighted by molar-refractivity contribution is -0.275. The number of halogens is 3. The highest BCUT2D eigenvalue weighted by Gasteiger charge is 2.32. The summed E-state index contributed by atoms with van der Waals surface area (Å²) < 4.78 is 48.0. The van der Waals surface area contributed by atoms with Crippen LogP contribution < -0.4 is 4.74 Å². The van der Waals surface area contributed by atoms with Gasteiger partial charge in [0.15, 0.2) is 11.5 Å². The third-order valence-electron chi connectivity index (χ3n) is 4.86. The van der Waals surface area contributed by atoms with Crippen molar-refractivity contribution < 1.29 is 32.5 Å². The van der Waals surface area contributed by atoms with E-state index in [0.717, 1.165) is 18.9 Å². The Kier molecular flexibility index (Phi) is 6.38. The molecule has 7 nitrogen and oxygen atoms in total. The number of hydrogen-bond acceptors (Lipinski definition) is 5. The fourth-order valence-corrected chi connectivity index (χ4v) is 3.41. The quantitative estimate of drug-likeness (QED) is 0.738. The second kappa shape index (κ2) is 8.68. The first-order chi connectivity index (χ1) is 14.4. The molecule has 3 rings (SSSR count). The molecule has 31 heavy (non-hydrogen) atoms. The van der Waals surface area contributed by atoms with Crippen LogP contribution in [0.5, 0.6) is 11.5 Å². The first-order valence-corrected chi connectivity index (χ1v) is 9.99.